The summed E-state index contributed by atoms with van der Waals surface area (Å²) in [5.41, 5.74) is 2.33. The first-order valence-corrected chi connectivity index (χ1v) is 9.26. The number of carbonyl (C=O) groups is 1. The van der Waals surface area contributed by atoms with Gasteiger partial charge in [0.2, 0.25) is 0 Å². The molecule has 7 heteroatoms. The number of nitrogens with one attached hydrogen (secondary N) is 3. The Morgan fingerprint density at radius 3 is 2.29 bits per heavy atom. The molecular formula is C21H28FIN4O. The van der Waals surface area contributed by atoms with Crippen LogP contribution in [0.4, 0.5) is 4.39 Å². The number of hydrogen-bond donors (Lipinski definition) is 3. The highest BCUT2D eigenvalue weighted by Crippen LogP contribution is 2.07. The topological polar surface area (TPSA) is 65.5 Å². The van der Waals surface area contributed by atoms with Crippen molar-refractivity contribution < 1.29 is 9.18 Å². The molecule has 0 radical (unpaired) electrons. The Morgan fingerprint density at radius 1 is 0.964 bits per heavy atom. The molecule has 0 aromatic heterocycles. The molecule has 2 aromatic rings. The molecule has 0 saturated heterocycles. The third kappa shape index (κ3) is 7.84. The van der Waals surface area contributed by atoms with Gasteiger partial charge in [-0.1, -0.05) is 30.3 Å². The van der Waals surface area contributed by atoms with Crippen LogP contribution in [-0.2, 0) is 13.0 Å². The van der Waals surface area contributed by atoms with Crippen molar-refractivity contribution in [1.29, 1.82) is 0 Å². The summed E-state index contributed by atoms with van der Waals surface area (Å²) in [5, 5.41) is 9.18. The van der Waals surface area contributed by atoms with Gasteiger partial charge in [-0.15, -0.1) is 24.0 Å². The molecular weight excluding hydrogens is 470 g/mol. The third-order valence-electron chi connectivity index (χ3n) is 3.96. The van der Waals surface area contributed by atoms with Gasteiger partial charge in [0.25, 0.3) is 5.91 Å². The van der Waals surface area contributed by atoms with Crippen molar-refractivity contribution in [3.05, 3.63) is 71.0 Å². The van der Waals surface area contributed by atoms with Gasteiger partial charge in [0.15, 0.2) is 5.96 Å². The fourth-order valence-electron chi connectivity index (χ4n) is 2.55. The fraction of sp³-hybridized carbons (Fsp3) is 0.333. The molecule has 152 valence electrons. The van der Waals surface area contributed by atoms with E-state index < -0.39 is 0 Å². The second-order valence-corrected chi connectivity index (χ2v) is 6.02. The van der Waals surface area contributed by atoms with Gasteiger partial charge in [-0.3, -0.25) is 4.79 Å². The van der Waals surface area contributed by atoms with Crippen molar-refractivity contribution in [2.45, 2.75) is 26.8 Å². The molecule has 0 aliphatic carbocycles. The number of rotatable bonds is 8. The van der Waals surface area contributed by atoms with Gasteiger partial charge in [-0.05, 0) is 49.6 Å². The van der Waals surface area contributed by atoms with Crippen LogP contribution in [0, 0.1) is 5.82 Å². The molecule has 0 unspecified atom stereocenters. The molecule has 5 nitrogen and oxygen atoms in total. The number of halogens is 2. The van der Waals surface area contributed by atoms with Gasteiger partial charge in [0.05, 0.1) is 6.54 Å². The van der Waals surface area contributed by atoms with E-state index in [2.05, 4.69) is 20.9 Å². The minimum absolute atomic E-state index is 0. The number of hydrogen-bond acceptors (Lipinski definition) is 2. The summed E-state index contributed by atoms with van der Waals surface area (Å²) in [6, 6.07) is 14.2. The van der Waals surface area contributed by atoms with Crippen LogP contribution < -0.4 is 16.0 Å². The van der Waals surface area contributed by atoms with Crippen molar-refractivity contribution in [3.63, 3.8) is 0 Å². The highest BCUT2D eigenvalue weighted by atomic mass is 127. The van der Waals surface area contributed by atoms with Crippen LogP contribution in [-0.4, -0.2) is 31.5 Å². The highest BCUT2D eigenvalue weighted by Gasteiger charge is 2.04. The van der Waals surface area contributed by atoms with Crippen molar-refractivity contribution in [3.8, 4) is 0 Å². The van der Waals surface area contributed by atoms with E-state index in [0.29, 0.717) is 43.1 Å². The van der Waals surface area contributed by atoms with E-state index in [4.69, 9.17) is 0 Å². The lowest BCUT2D eigenvalue weighted by Gasteiger charge is -2.11. The minimum atomic E-state index is -0.187. The van der Waals surface area contributed by atoms with Crippen LogP contribution in [0.1, 0.15) is 35.3 Å². The quantitative estimate of drug-likeness (QED) is 0.297. The molecule has 0 aliphatic rings. The van der Waals surface area contributed by atoms with E-state index in [0.717, 1.165) is 12.1 Å². The first-order valence-electron chi connectivity index (χ1n) is 9.26. The lowest BCUT2D eigenvalue weighted by molar-refractivity contribution is 0.0956. The molecule has 1 amide bonds. The van der Waals surface area contributed by atoms with Crippen molar-refractivity contribution in [2.75, 3.05) is 19.6 Å². The maximum Gasteiger partial charge on any atom is 0.251 e. The Kier molecular flexibility index (Phi) is 11.2. The van der Waals surface area contributed by atoms with Crippen LogP contribution in [0.15, 0.2) is 53.5 Å². The molecule has 0 fully saturated rings. The highest BCUT2D eigenvalue weighted by molar-refractivity contribution is 14.0. The lowest BCUT2D eigenvalue weighted by atomic mass is 10.1. The molecule has 0 bridgehead atoms. The molecule has 2 rings (SSSR count). The Labute approximate surface area is 183 Å². The van der Waals surface area contributed by atoms with E-state index in [1.165, 1.54) is 6.07 Å². The maximum atomic E-state index is 13.7. The zero-order valence-corrected chi connectivity index (χ0v) is 18.6. The van der Waals surface area contributed by atoms with Gasteiger partial charge in [-0.25, -0.2) is 9.38 Å². The smallest absolute Gasteiger partial charge is 0.251 e. The molecule has 28 heavy (non-hydrogen) atoms. The Hall–Kier alpha value is -2.16. The van der Waals surface area contributed by atoms with Gasteiger partial charge in [0.1, 0.15) is 5.82 Å². The molecule has 0 spiro atoms. The van der Waals surface area contributed by atoms with E-state index in [1.54, 1.807) is 24.3 Å². The van der Waals surface area contributed by atoms with Crippen LogP contribution in [0.5, 0.6) is 0 Å². The molecule has 0 saturated carbocycles. The van der Waals surface area contributed by atoms with Crippen LogP contribution >= 0.6 is 24.0 Å². The van der Waals surface area contributed by atoms with Crippen LogP contribution in [0.2, 0.25) is 0 Å². The zero-order valence-electron chi connectivity index (χ0n) is 16.3. The number of aliphatic imine (C=N–C) groups is 1. The minimum Gasteiger partial charge on any atom is -0.357 e. The number of nitrogens with zero attached hydrogens (tertiary/aromatic N) is 1. The normalized spacial score (nSPS) is 10.8. The Morgan fingerprint density at radius 2 is 1.64 bits per heavy atom. The molecule has 2 aromatic carbocycles. The number of amides is 1. The molecule has 3 N–H and O–H groups in total. The Balaban J connectivity index is 0.00000392. The average Bonchev–Trinajstić information content (AvgIpc) is 2.68. The lowest BCUT2D eigenvalue weighted by Crippen LogP contribution is -2.38. The van der Waals surface area contributed by atoms with Gasteiger partial charge in [-0.2, -0.15) is 0 Å². The fourth-order valence-corrected chi connectivity index (χ4v) is 2.55. The van der Waals surface area contributed by atoms with Crippen LogP contribution in [0.25, 0.3) is 0 Å². The number of guanidine groups is 1. The predicted molar refractivity (Wildman–Crippen MR) is 123 cm³/mol. The summed E-state index contributed by atoms with van der Waals surface area (Å²) in [4.78, 5) is 16.3. The monoisotopic (exact) mass is 498 g/mol. The SMILES string of the molecule is CCNC(=O)c1ccc(CN=C(NCC)NCCc2ccccc2F)cc1.I. The molecule has 0 aliphatic heterocycles. The summed E-state index contributed by atoms with van der Waals surface area (Å²) in [5.74, 6) is 0.422. The van der Waals surface area contributed by atoms with Crippen molar-refractivity contribution >= 4 is 35.8 Å². The summed E-state index contributed by atoms with van der Waals surface area (Å²) in [7, 11) is 0. The van der Waals surface area contributed by atoms with Crippen molar-refractivity contribution in [2.24, 2.45) is 4.99 Å². The second-order valence-electron chi connectivity index (χ2n) is 6.02. The van der Waals surface area contributed by atoms with E-state index in [1.807, 2.05) is 32.0 Å². The third-order valence-corrected chi connectivity index (χ3v) is 3.96. The average molecular weight is 498 g/mol. The first-order chi connectivity index (χ1) is 13.1. The number of benzene rings is 2. The molecule has 0 atom stereocenters. The second kappa shape index (κ2) is 13.1. The summed E-state index contributed by atoms with van der Waals surface area (Å²) in [6.45, 7) is 6.31. The zero-order chi connectivity index (χ0) is 19.5. The molecule has 0 heterocycles. The van der Waals surface area contributed by atoms with E-state index in [-0.39, 0.29) is 35.7 Å². The summed E-state index contributed by atoms with van der Waals surface area (Å²) < 4.78 is 13.7. The standard InChI is InChI=1S/C21H27FN4O.HI/c1-3-23-20(27)18-11-9-16(10-12-18)15-26-21(24-4-2)25-14-13-17-7-5-6-8-19(17)22;/h5-12H,3-4,13-15H2,1-2H3,(H,23,27)(H2,24,25,26);1H. The first kappa shape index (κ1) is 23.9. The van der Waals surface area contributed by atoms with Crippen molar-refractivity contribution in [1.82, 2.24) is 16.0 Å². The van der Waals surface area contributed by atoms with Gasteiger partial charge < -0.3 is 16.0 Å². The van der Waals surface area contributed by atoms with Crippen LogP contribution in [0.3, 0.4) is 0 Å². The van der Waals surface area contributed by atoms with Gasteiger partial charge in [0, 0.05) is 25.2 Å². The summed E-state index contributed by atoms with van der Waals surface area (Å²) >= 11 is 0. The summed E-state index contributed by atoms with van der Waals surface area (Å²) in [6.07, 6.45) is 0.582. The predicted octanol–water partition coefficient (Wildman–Crippen LogP) is 3.49. The van der Waals surface area contributed by atoms with Gasteiger partial charge >= 0.3 is 0 Å². The largest absolute Gasteiger partial charge is 0.357 e. The van der Waals surface area contributed by atoms with E-state index >= 15 is 0 Å². The number of carbonyl (C=O) groups excluding carboxylic acids is 1. The van der Waals surface area contributed by atoms with E-state index in [9.17, 15) is 9.18 Å². The maximum absolute atomic E-state index is 13.7. The Bertz CT molecular complexity index is 765.